The number of aryl methyl sites for hydroxylation is 1. The second-order valence-electron chi connectivity index (χ2n) is 2.70. The zero-order chi connectivity index (χ0) is 8.81. The van der Waals surface area contributed by atoms with E-state index in [0.717, 1.165) is 17.9 Å². The lowest BCUT2D eigenvalue weighted by molar-refractivity contribution is 0.766. The van der Waals surface area contributed by atoms with Gasteiger partial charge in [-0.2, -0.15) is 0 Å². The van der Waals surface area contributed by atoms with Crippen molar-refractivity contribution in [1.82, 2.24) is 9.97 Å². The Hall–Kier alpha value is -0.630. The van der Waals surface area contributed by atoms with Gasteiger partial charge in [-0.05, 0) is 18.9 Å². The molecule has 1 heterocycles. The number of alkyl halides is 1. The molecule has 1 aromatic rings. The van der Waals surface area contributed by atoms with Crippen LogP contribution in [0.25, 0.3) is 0 Å². The summed E-state index contributed by atoms with van der Waals surface area (Å²) in [6, 6.07) is 1.95. The van der Waals surface area contributed by atoms with E-state index in [1.807, 2.05) is 6.07 Å². The molecular weight excluding hydrogens is 172 g/mol. The number of halogens is 1. The predicted octanol–water partition coefficient (Wildman–Crippen LogP) is 2.56. The average molecular weight is 185 g/mol. The first-order valence-electron chi connectivity index (χ1n) is 4.23. The predicted molar refractivity (Wildman–Crippen MR) is 50.2 cm³/mol. The maximum absolute atomic E-state index is 5.61. The van der Waals surface area contributed by atoms with Gasteiger partial charge in [0, 0.05) is 11.9 Å². The van der Waals surface area contributed by atoms with Gasteiger partial charge in [-0.15, -0.1) is 11.6 Å². The van der Waals surface area contributed by atoms with Gasteiger partial charge in [-0.3, -0.25) is 0 Å². The molecule has 0 radical (unpaired) electrons. The number of hydrogen-bond donors (Lipinski definition) is 0. The summed E-state index contributed by atoms with van der Waals surface area (Å²) in [5, 5.41) is 0. The first kappa shape index (κ1) is 9.46. The second kappa shape index (κ2) is 5.09. The Balaban J connectivity index is 2.60. The molecule has 0 fully saturated rings. The lowest BCUT2D eigenvalue weighted by Crippen LogP contribution is -1.96. The number of nitrogens with zero attached hydrogens (tertiary/aromatic N) is 2. The number of aromatic nitrogens is 2. The minimum absolute atomic E-state index is 0.403. The largest absolute Gasteiger partial charge is 0.240 e. The van der Waals surface area contributed by atoms with E-state index in [0.29, 0.717) is 5.88 Å². The molecule has 0 amide bonds. The van der Waals surface area contributed by atoms with Crippen molar-refractivity contribution in [3.63, 3.8) is 0 Å². The molecule has 0 spiro atoms. The van der Waals surface area contributed by atoms with Crippen LogP contribution in [0.4, 0.5) is 0 Å². The minimum atomic E-state index is 0.403. The standard InChI is InChI=1S/C9H13ClN2/c1-2-3-4-8-5-6-11-9(7-10)12-8/h5-6H,2-4,7H2,1H3. The third-order valence-electron chi connectivity index (χ3n) is 1.67. The SMILES string of the molecule is CCCCc1ccnc(CCl)n1. The van der Waals surface area contributed by atoms with Crippen molar-refractivity contribution in [2.45, 2.75) is 32.1 Å². The van der Waals surface area contributed by atoms with Gasteiger partial charge in [0.25, 0.3) is 0 Å². The highest BCUT2D eigenvalue weighted by Gasteiger charge is 1.96. The minimum Gasteiger partial charge on any atom is -0.240 e. The van der Waals surface area contributed by atoms with Gasteiger partial charge in [-0.25, -0.2) is 9.97 Å². The molecule has 0 aliphatic carbocycles. The molecule has 0 bridgehead atoms. The highest BCUT2D eigenvalue weighted by atomic mass is 35.5. The zero-order valence-corrected chi connectivity index (χ0v) is 8.01. The van der Waals surface area contributed by atoms with Crippen molar-refractivity contribution in [1.29, 1.82) is 0 Å². The Morgan fingerprint density at radius 2 is 2.33 bits per heavy atom. The molecular formula is C9H13ClN2. The summed E-state index contributed by atoms with van der Waals surface area (Å²) in [5.41, 5.74) is 1.10. The van der Waals surface area contributed by atoms with Gasteiger partial charge in [-0.1, -0.05) is 13.3 Å². The molecule has 0 aromatic carbocycles. The molecule has 0 aliphatic rings. The van der Waals surface area contributed by atoms with E-state index >= 15 is 0 Å². The van der Waals surface area contributed by atoms with Crippen molar-refractivity contribution >= 4 is 11.6 Å². The Kier molecular flexibility index (Phi) is 4.01. The molecule has 0 unspecified atom stereocenters. The normalized spacial score (nSPS) is 10.2. The van der Waals surface area contributed by atoms with Crippen molar-refractivity contribution < 1.29 is 0 Å². The van der Waals surface area contributed by atoms with Gasteiger partial charge >= 0.3 is 0 Å². The Labute approximate surface area is 78.0 Å². The monoisotopic (exact) mass is 184 g/mol. The van der Waals surface area contributed by atoms with E-state index in [-0.39, 0.29) is 0 Å². The fourth-order valence-corrected chi connectivity index (χ4v) is 1.13. The van der Waals surface area contributed by atoms with E-state index in [4.69, 9.17) is 11.6 Å². The van der Waals surface area contributed by atoms with Crippen LogP contribution in [0.3, 0.4) is 0 Å². The summed E-state index contributed by atoms with van der Waals surface area (Å²) in [5.74, 6) is 1.13. The van der Waals surface area contributed by atoms with Crippen LogP contribution in [0.5, 0.6) is 0 Å². The van der Waals surface area contributed by atoms with Gasteiger partial charge in [0.05, 0.1) is 5.88 Å². The summed E-state index contributed by atoms with van der Waals surface area (Å²) in [7, 11) is 0. The van der Waals surface area contributed by atoms with Gasteiger partial charge in [0.15, 0.2) is 0 Å². The molecule has 1 rings (SSSR count). The smallest absolute Gasteiger partial charge is 0.143 e. The first-order chi connectivity index (χ1) is 5.86. The van der Waals surface area contributed by atoms with E-state index in [1.165, 1.54) is 12.8 Å². The molecule has 2 nitrogen and oxygen atoms in total. The van der Waals surface area contributed by atoms with Crippen LogP contribution in [0, 0.1) is 0 Å². The maximum atomic E-state index is 5.61. The molecule has 0 atom stereocenters. The van der Waals surface area contributed by atoms with Crippen molar-refractivity contribution in [2.24, 2.45) is 0 Å². The third-order valence-corrected chi connectivity index (χ3v) is 1.91. The summed E-state index contributed by atoms with van der Waals surface area (Å²) in [6.45, 7) is 2.17. The lowest BCUT2D eigenvalue weighted by Gasteiger charge is -1.99. The zero-order valence-electron chi connectivity index (χ0n) is 7.26. The van der Waals surface area contributed by atoms with Crippen molar-refractivity contribution in [3.05, 3.63) is 23.8 Å². The Morgan fingerprint density at radius 1 is 1.50 bits per heavy atom. The molecule has 12 heavy (non-hydrogen) atoms. The van der Waals surface area contributed by atoms with E-state index in [1.54, 1.807) is 6.20 Å². The number of unbranched alkanes of at least 4 members (excludes halogenated alkanes) is 1. The summed E-state index contributed by atoms with van der Waals surface area (Å²) in [4.78, 5) is 8.31. The summed E-state index contributed by atoms with van der Waals surface area (Å²) >= 11 is 5.61. The topological polar surface area (TPSA) is 25.8 Å². The van der Waals surface area contributed by atoms with Crippen LogP contribution in [0.15, 0.2) is 12.3 Å². The molecule has 0 aliphatic heterocycles. The lowest BCUT2D eigenvalue weighted by atomic mass is 10.2. The highest BCUT2D eigenvalue weighted by molar-refractivity contribution is 6.16. The van der Waals surface area contributed by atoms with Gasteiger partial charge in [0.2, 0.25) is 0 Å². The van der Waals surface area contributed by atoms with Crippen LogP contribution in [-0.4, -0.2) is 9.97 Å². The molecule has 66 valence electrons. The Bertz CT molecular complexity index is 238. The maximum Gasteiger partial charge on any atom is 0.143 e. The fraction of sp³-hybridized carbons (Fsp3) is 0.556. The highest BCUT2D eigenvalue weighted by Crippen LogP contribution is 2.02. The third kappa shape index (κ3) is 2.78. The molecule has 0 saturated carbocycles. The Morgan fingerprint density at radius 3 is 3.00 bits per heavy atom. The first-order valence-corrected chi connectivity index (χ1v) is 4.77. The number of rotatable bonds is 4. The quantitative estimate of drug-likeness (QED) is 0.673. The van der Waals surface area contributed by atoms with Crippen LogP contribution in [-0.2, 0) is 12.3 Å². The molecule has 3 heteroatoms. The number of hydrogen-bond acceptors (Lipinski definition) is 2. The van der Waals surface area contributed by atoms with E-state index in [2.05, 4.69) is 16.9 Å². The van der Waals surface area contributed by atoms with Crippen LogP contribution < -0.4 is 0 Å². The van der Waals surface area contributed by atoms with Crippen molar-refractivity contribution in [2.75, 3.05) is 0 Å². The van der Waals surface area contributed by atoms with Crippen LogP contribution >= 0.6 is 11.6 Å². The summed E-state index contributed by atoms with van der Waals surface area (Å²) < 4.78 is 0. The van der Waals surface area contributed by atoms with Crippen molar-refractivity contribution in [3.8, 4) is 0 Å². The van der Waals surface area contributed by atoms with Gasteiger partial charge in [0.1, 0.15) is 5.82 Å². The average Bonchev–Trinajstić information content (AvgIpc) is 2.15. The van der Waals surface area contributed by atoms with Crippen LogP contribution in [0.2, 0.25) is 0 Å². The fourth-order valence-electron chi connectivity index (χ4n) is 1.00. The molecule has 0 N–H and O–H groups in total. The van der Waals surface area contributed by atoms with E-state index in [9.17, 15) is 0 Å². The van der Waals surface area contributed by atoms with Crippen LogP contribution in [0.1, 0.15) is 31.3 Å². The molecule has 1 aromatic heterocycles. The van der Waals surface area contributed by atoms with Gasteiger partial charge < -0.3 is 0 Å². The van der Waals surface area contributed by atoms with E-state index < -0.39 is 0 Å². The summed E-state index contributed by atoms with van der Waals surface area (Å²) in [6.07, 6.45) is 5.18. The second-order valence-corrected chi connectivity index (χ2v) is 2.97. The molecule has 0 saturated heterocycles.